The van der Waals surface area contributed by atoms with E-state index in [0.717, 1.165) is 67.2 Å². The third-order valence-corrected chi connectivity index (χ3v) is 10.6. The number of rotatable bonds is 10. The fourth-order valence-electron chi connectivity index (χ4n) is 6.39. The molecule has 48 heavy (non-hydrogen) atoms. The number of piperazine rings is 1. The Balaban J connectivity index is 0.915. The minimum Gasteiger partial charge on any atom is -0.491 e. The van der Waals surface area contributed by atoms with Gasteiger partial charge in [0.05, 0.1) is 30.2 Å². The van der Waals surface area contributed by atoms with Crippen molar-refractivity contribution >= 4 is 57.2 Å². The molecule has 4 heterocycles. The number of thioether (sulfide) groups is 1. The van der Waals surface area contributed by atoms with E-state index in [2.05, 4.69) is 63.0 Å². The number of ether oxygens (including phenoxy) is 3. The number of hydrogen-bond acceptors (Lipinski definition) is 8. The Bertz CT molecular complexity index is 1680. The van der Waals surface area contributed by atoms with E-state index in [9.17, 15) is 0 Å². The summed E-state index contributed by atoms with van der Waals surface area (Å²) >= 11 is 14.6. The van der Waals surface area contributed by atoms with Gasteiger partial charge in [-0.25, -0.2) is 9.98 Å². The molecule has 2 atom stereocenters. The highest BCUT2D eigenvalue weighted by Gasteiger charge is 2.45. The molecule has 0 bridgehead atoms. The van der Waals surface area contributed by atoms with E-state index in [-0.39, 0.29) is 6.10 Å². The first-order valence-corrected chi connectivity index (χ1v) is 18.2. The van der Waals surface area contributed by atoms with Crippen LogP contribution in [-0.2, 0) is 21.8 Å². The van der Waals surface area contributed by atoms with Gasteiger partial charge in [-0.05, 0) is 74.0 Å². The van der Waals surface area contributed by atoms with Crippen molar-refractivity contribution in [3.63, 3.8) is 0 Å². The molecule has 7 rings (SSSR count). The predicted octanol–water partition coefficient (Wildman–Crippen LogP) is 7.31. The zero-order valence-corrected chi connectivity index (χ0v) is 29.3. The highest BCUT2D eigenvalue weighted by molar-refractivity contribution is 8.13. The summed E-state index contributed by atoms with van der Waals surface area (Å²) in [5.41, 5.74) is 4.18. The Hall–Kier alpha value is -3.41. The van der Waals surface area contributed by atoms with Gasteiger partial charge >= 0.3 is 0 Å². The van der Waals surface area contributed by atoms with Crippen LogP contribution in [-0.4, -0.2) is 84.0 Å². The Morgan fingerprint density at radius 3 is 2.35 bits per heavy atom. The molecule has 0 unspecified atom stereocenters. The number of imidazole rings is 1. The molecular formula is C36H40Cl2N6O3S. The van der Waals surface area contributed by atoms with Crippen LogP contribution < -0.4 is 14.5 Å². The summed E-state index contributed by atoms with van der Waals surface area (Å²) in [6, 6.07) is 22.4. The van der Waals surface area contributed by atoms with E-state index in [1.165, 1.54) is 17.8 Å². The number of anilines is 2. The lowest BCUT2D eigenvalue weighted by Crippen LogP contribution is -2.46. The van der Waals surface area contributed by atoms with Gasteiger partial charge in [-0.3, -0.25) is 0 Å². The number of aliphatic imine (C=N–C) groups is 1. The van der Waals surface area contributed by atoms with Gasteiger partial charge in [0, 0.05) is 79.4 Å². The smallest absolute Gasteiger partial charge is 0.215 e. The quantitative estimate of drug-likeness (QED) is 0.170. The van der Waals surface area contributed by atoms with Gasteiger partial charge in [0.1, 0.15) is 18.5 Å². The van der Waals surface area contributed by atoms with Gasteiger partial charge in [-0.2, -0.15) is 0 Å². The van der Waals surface area contributed by atoms with Crippen molar-refractivity contribution in [1.82, 2.24) is 14.5 Å². The third kappa shape index (κ3) is 7.58. The maximum absolute atomic E-state index is 6.61. The second kappa shape index (κ2) is 15.0. The molecule has 9 nitrogen and oxygen atoms in total. The van der Waals surface area contributed by atoms with E-state index in [0.29, 0.717) is 29.8 Å². The number of amidine groups is 1. The fourth-order valence-corrected chi connectivity index (χ4v) is 7.97. The second-order valence-electron chi connectivity index (χ2n) is 12.1. The third-order valence-electron chi connectivity index (χ3n) is 8.96. The summed E-state index contributed by atoms with van der Waals surface area (Å²) in [5, 5.41) is 2.19. The summed E-state index contributed by atoms with van der Waals surface area (Å²) in [5.74, 6) is 0.855. The molecular weight excluding hydrogens is 667 g/mol. The lowest BCUT2D eigenvalue weighted by Gasteiger charge is -2.37. The number of benzene rings is 3. The molecule has 0 saturated carbocycles. The predicted molar refractivity (Wildman–Crippen MR) is 195 cm³/mol. The topological polar surface area (TPSA) is 67.6 Å². The number of aromatic nitrogens is 2. The van der Waals surface area contributed by atoms with Crippen LogP contribution in [0.15, 0.2) is 90.4 Å². The molecule has 0 radical (unpaired) electrons. The zero-order chi connectivity index (χ0) is 32.9. The standard InChI is InChI=1S/C36H40Cl2N6O3S/c1-2-42-15-3-21-48-35(42)40-28-5-7-29(8-6-28)43-17-19-44(20-18-43)30-9-11-31(12-10-30)45-23-32-24-46-36(47-32,25-41-16-14-39-26-41)33-13-4-27(37)22-34(33)38/h4-14,16,22,26,32H,2-3,15,17-21,23-25H2,1H3/t32-,36-/m1/s1. The van der Waals surface area contributed by atoms with Crippen molar-refractivity contribution in [2.75, 3.05) is 68.0 Å². The highest BCUT2D eigenvalue weighted by atomic mass is 35.5. The van der Waals surface area contributed by atoms with Crippen LogP contribution in [0.25, 0.3) is 0 Å². The average molecular weight is 708 g/mol. The summed E-state index contributed by atoms with van der Waals surface area (Å²) in [6.45, 7) is 9.23. The highest BCUT2D eigenvalue weighted by Crippen LogP contribution is 2.40. The molecule has 3 aromatic carbocycles. The minimum absolute atomic E-state index is 0.285. The molecule has 0 amide bonds. The van der Waals surface area contributed by atoms with Gasteiger partial charge in [-0.1, -0.05) is 41.0 Å². The van der Waals surface area contributed by atoms with Crippen LogP contribution in [0.1, 0.15) is 18.9 Å². The number of nitrogens with zero attached hydrogens (tertiary/aromatic N) is 6. The van der Waals surface area contributed by atoms with Gasteiger partial charge < -0.3 is 33.5 Å². The van der Waals surface area contributed by atoms with Crippen LogP contribution in [0.4, 0.5) is 17.1 Å². The first-order valence-electron chi connectivity index (χ1n) is 16.5. The molecule has 12 heteroatoms. The number of hydrogen-bond donors (Lipinski definition) is 0. The minimum atomic E-state index is -1.08. The van der Waals surface area contributed by atoms with Gasteiger partial charge in [0.2, 0.25) is 5.79 Å². The molecule has 0 spiro atoms. The maximum Gasteiger partial charge on any atom is 0.215 e. The van der Waals surface area contributed by atoms with Crippen LogP contribution in [0.2, 0.25) is 10.0 Å². The van der Waals surface area contributed by atoms with Crippen molar-refractivity contribution in [3.05, 3.63) is 101 Å². The van der Waals surface area contributed by atoms with Gasteiger partial charge in [-0.15, -0.1) is 0 Å². The molecule has 4 aromatic rings. The molecule has 3 aliphatic rings. The molecule has 3 fully saturated rings. The first-order chi connectivity index (χ1) is 23.5. The van der Waals surface area contributed by atoms with Crippen molar-refractivity contribution in [2.45, 2.75) is 31.8 Å². The Kier molecular flexibility index (Phi) is 10.3. The lowest BCUT2D eigenvalue weighted by molar-refractivity contribution is -0.189. The summed E-state index contributed by atoms with van der Waals surface area (Å²) in [6.07, 6.45) is 6.26. The van der Waals surface area contributed by atoms with Crippen LogP contribution in [0.3, 0.4) is 0 Å². The lowest BCUT2D eigenvalue weighted by atomic mass is 10.1. The molecule has 252 valence electrons. The molecule has 0 aliphatic carbocycles. The molecule has 3 aliphatic heterocycles. The Morgan fingerprint density at radius 1 is 0.958 bits per heavy atom. The largest absolute Gasteiger partial charge is 0.491 e. The summed E-state index contributed by atoms with van der Waals surface area (Å²) < 4.78 is 20.9. The Labute approximate surface area is 296 Å². The zero-order valence-electron chi connectivity index (χ0n) is 27.0. The second-order valence-corrected chi connectivity index (χ2v) is 14.0. The Morgan fingerprint density at radius 2 is 1.69 bits per heavy atom. The number of halogens is 2. The molecule has 1 aromatic heterocycles. The molecule has 3 saturated heterocycles. The van der Waals surface area contributed by atoms with Gasteiger partial charge in [0.25, 0.3) is 0 Å². The van der Waals surface area contributed by atoms with E-state index >= 15 is 0 Å². The first kappa shape index (κ1) is 33.1. The van der Waals surface area contributed by atoms with Crippen molar-refractivity contribution in [3.8, 4) is 5.75 Å². The monoisotopic (exact) mass is 706 g/mol. The fraction of sp³-hybridized carbons (Fsp3) is 0.389. The van der Waals surface area contributed by atoms with Crippen molar-refractivity contribution in [2.24, 2.45) is 4.99 Å². The average Bonchev–Trinajstić information content (AvgIpc) is 3.79. The van der Waals surface area contributed by atoms with Crippen LogP contribution >= 0.6 is 35.0 Å². The molecule has 0 N–H and O–H groups in total. The van der Waals surface area contributed by atoms with E-state index < -0.39 is 5.79 Å². The van der Waals surface area contributed by atoms with Gasteiger partial charge in [0.15, 0.2) is 5.17 Å². The van der Waals surface area contributed by atoms with Crippen LogP contribution in [0.5, 0.6) is 5.75 Å². The van der Waals surface area contributed by atoms with E-state index in [4.69, 9.17) is 42.4 Å². The van der Waals surface area contributed by atoms with E-state index in [1.54, 1.807) is 24.7 Å². The summed E-state index contributed by atoms with van der Waals surface area (Å²) in [7, 11) is 0. The SMILES string of the molecule is CCN1CCCSC1=Nc1ccc(N2CCN(c3ccc(OC[C@@H]4CO[C@@](Cn5ccnc5)(c5ccc(Cl)cc5Cl)O4)cc3)CC2)cc1. The summed E-state index contributed by atoms with van der Waals surface area (Å²) in [4.78, 5) is 16.3. The van der Waals surface area contributed by atoms with Crippen molar-refractivity contribution in [1.29, 1.82) is 0 Å². The maximum atomic E-state index is 6.61. The van der Waals surface area contributed by atoms with E-state index in [1.807, 2.05) is 40.7 Å². The van der Waals surface area contributed by atoms with Crippen LogP contribution in [0, 0.1) is 0 Å². The normalized spacial score (nSPS) is 22.4. The van der Waals surface area contributed by atoms with Crippen molar-refractivity contribution < 1.29 is 14.2 Å².